The van der Waals surface area contributed by atoms with Gasteiger partial charge in [-0.05, 0) is 72.7 Å². The van der Waals surface area contributed by atoms with Gasteiger partial charge < -0.3 is 16.0 Å². The van der Waals surface area contributed by atoms with Crippen LogP contribution in [0.5, 0.6) is 0 Å². The lowest BCUT2D eigenvalue weighted by Gasteiger charge is -2.12. The maximum atomic E-state index is 13.7. The molecule has 0 unspecified atom stereocenters. The molecule has 3 aromatic carbocycles. The van der Waals surface area contributed by atoms with Gasteiger partial charge >= 0.3 is 0 Å². The van der Waals surface area contributed by atoms with Crippen molar-refractivity contribution in [3.05, 3.63) is 94.2 Å². The zero-order chi connectivity index (χ0) is 20.6. The van der Waals surface area contributed by atoms with Gasteiger partial charge in [-0.3, -0.25) is 4.79 Å². The van der Waals surface area contributed by atoms with Gasteiger partial charge in [-0.2, -0.15) is 0 Å². The molecule has 0 aliphatic heterocycles. The van der Waals surface area contributed by atoms with E-state index in [2.05, 4.69) is 44.0 Å². The fraction of sp³-hybridized carbons (Fsp3) is 0.0909. The highest BCUT2D eigenvalue weighted by Crippen LogP contribution is 2.16. The van der Waals surface area contributed by atoms with Crippen LogP contribution >= 0.6 is 28.1 Å². The first-order valence-electron chi connectivity index (χ1n) is 8.96. The Kier molecular flexibility index (Phi) is 7.32. The molecule has 0 radical (unpaired) electrons. The number of thiocarbonyl (C=S) groups is 1. The predicted octanol–water partition coefficient (Wildman–Crippen LogP) is 5.37. The van der Waals surface area contributed by atoms with E-state index in [-0.39, 0.29) is 5.56 Å². The van der Waals surface area contributed by atoms with Crippen molar-refractivity contribution in [3.63, 3.8) is 0 Å². The molecule has 4 nitrogen and oxygen atoms in total. The molecule has 0 fully saturated rings. The van der Waals surface area contributed by atoms with E-state index in [0.29, 0.717) is 17.3 Å². The van der Waals surface area contributed by atoms with E-state index in [4.69, 9.17) is 12.2 Å². The van der Waals surface area contributed by atoms with Gasteiger partial charge in [-0.1, -0.05) is 40.2 Å². The molecule has 0 aliphatic carbocycles. The van der Waals surface area contributed by atoms with Gasteiger partial charge in [0.15, 0.2) is 5.11 Å². The van der Waals surface area contributed by atoms with E-state index in [1.54, 1.807) is 36.4 Å². The SMILES string of the molecule is O=C(Nc1ccc(NC(=S)NCCc2cccc(Br)c2)cc1)c1ccccc1F. The van der Waals surface area contributed by atoms with Crippen LogP contribution < -0.4 is 16.0 Å². The van der Waals surface area contributed by atoms with Gasteiger partial charge in [0, 0.05) is 22.4 Å². The van der Waals surface area contributed by atoms with Crippen molar-refractivity contribution in [3.8, 4) is 0 Å². The van der Waals surface area contributed by atoms with Gasteiger partial charge in [0.1, 0.15) is 5.82 Å². The van der Waals surface area contributed by atoms with Gasteiger partial charge in [-0.15, -0.1) is 0 Å². The third-order valence-electron chi connectivity index (χ3n) is 4.11. The average molecular weight is 472 g/mol. The second-order valence-corrected chi connectivity index (χ2v) is 7.60. The van der Waals surface area contributed by atoms with Crippen LogP contribution in [0.1, 0.15) is 15.9 Å². The van der Waals surface area contributed by atoms with E-state index < -0.39 is 11.7 Å². The van der Waals surface area contributed by atoms with E-state index in [1.807, 2.05) is 12.1 Å². The maximum absolute atomic E-state index is 13.7. The number of hydrogen-bond donors (Lipinski definition) is 3. The van der Waals surface area contributed by atoms with E-state index in [1.165, 1.54) is 17.7 Å². The van der Waals surface area contributed by atoms with Gasteiger partial charge in [0.05, 0.1) is 5.56 Å². The summed E-state index contributed by atoms with van der Waals surface area (Å²) >= 11 is 8.78. The number of amides is 1. The Balaban J connectivity index is 1.48. The Morgan fingerprint density at radius 2 is 1.62 bits per heavy atom. The summed E-state index contributed by atoms with van der Waals surface area (Å²) < 4.78 is 14.7. The van der Waals surface area contributed by atoms with Gasteiger partial charge in [-0.25, -0.2) is 4.39 Å². The summed E-state index contributed by atoms with van der Waals surface area (Å²) in [7, 11) is 0. The first kappa shape index (κ1) is 21.0. The van der Waals surface area contributed by atoms with Gasteiger partial charge in [0.2, 0.25) is 0 Å². The summed E-state index contributed by atoms with van der Waals surface area (Å²) in [5, 5.41) is 9.46. The molecule has 148 valence electrons. The minimum absolute atomic E-state index is 0.00512. The molecule has 0 aromatic heterocycles. The summed E-state index contributed by atoms with van der Waals surface area (Å²) in [5.74, 6) is -1.05. The van der Waals surface area contributed by atoms with Crippen molar-refractivity contribution in [2.45, 2.75) is 6.42 Å². The van der Waals surface area contributed by atoms with Crippen LogP contribution in [-0.4, -0.2) is 17.6 Å². The summed E-state index contributed by atoms with van der Waals surface area (Å²) in [6, 6.07) is 21.0. The number of benzene rings is 3. The molecule has 0 saturated heterocycles. The normalized spacial score (nSPS) is 10.3. The second kappa shape index (κ2) is 10.1. The van der Waals surface area contributed by atoms with E-state index in [9.17, 15) is 9.18 Å². The Morgan fingerprint density at radius 3 is 2.31 bits per heavy atom. The fourth-order valence-electron chi connectivity index (χ4n) is 2.67. The number of anilines is 2. The number of hydrogen-bond acceptors (Lipinski definition) is 2. The number of nitrogens with one attached hydrogen (secondary N) is 3. The molecule has 0 bridgehead atoms. The summed E-state index contributed by atoms with van der Waals surface area (Å²) in [6.45, 7) is 0.707. The molecular weight excluding hydrogens is 453 g/mol. The average Bonchev–Trinajstić information content (AvgIpc) is 2.70. The number of carbonyl (C=O) groups excluding carboxylic acids is 1. The molecule has 0 heterocycles. The molecule has 7 heteroatoms. The fourth-order valence-corrected chi connectivity index (χ4v) is 3.34. The largest absolute Gasteiger partial charge is 0.362 e. The second-order valence-electron chi connectivity index (χ2n) is 6.27. The zero-order valence-electron chi connectivity index (χ0n) is 15.4. The first-order valence-corrected chi connectivity index (χ1v) is 10.2. The van der Waals surface area contributed by atoms with Crippen LogP contribution in [-0.2, 0) is 6.42 Å². The Hall–Kier alpha value is -2.77. The lowest BCUT2D eigenvalue weighted by Crippen LogP contribution is -2.30. The molecule has 3 rings (SSSR count). The molecule has 0 spiro atoms. The number of carbonyl (C=O) groups is 1. The molecule has 3 N–H and O–H groups in total. The number of rotatable bonds is 6. The van der Waals surface area contributed by atoms with Crippen molar-refractivity contribution in [1.82, 2.24) is 5.32 Å². The third kappa shape index (κ3) is 6.37. The third-order valence-corrected chi connectivity index (χ3v) is 4.85. The molecule has 0 atom stereocenters. The standard InChI is InChI=1S/C22H19BrFN3OS/c23-16-5-3-4-15(14-16)12-13-25-22(29)27-18-10-8-17(9-11-18)26-21(28)19-6-1-2-7-20(19)24/h1-11,14H,12-13H2,(H,26,28)(H2,25,27,29). The summed E-state index contributed by atoms with van der Waals surface area (Å²) in [4.78, 5) is 12.2. The quantitative estimate of drug-likeness (QED) is 0.423. The van der Waals surface area contributed by atoms with Crippen LogP contribution in [0.3, 0.4) is 0 Å². The first-order chi connectivity index (χ1) is 14.0. The molecule has 0 aliphatic rings. The molecular formula is C22H19BrFN3OS. The Morgan fingerprint density at radius 1 is 0.931 bits per heavy atom. The molecule has 29 heavy (non-hydrogen) atoms. The predicted molar refractivity (Wildman–Crippen MR) is 123 cm³/mol. The highest BCUT2D eigenvalue weighted by atomic mass is 79.9. The topological polar surface area (TPSA) is 53.2 Å². The highest BCUT2D eigenvalue weighted by molar-refractivity contribution is 9.10. The van der Waals surface area contributed by atoms with E-state index >= 15 is 0 Å². The van der Waals surface area contributed by atoms with Crippen molar-refractivity contribution in [1.29, 1.82) is 0 Å². The minimum atomic E-state index is -0.553. The monoisotopic (exact) mass is 471 g/mol. The Bertz CT molecular complexity index is 1010. The summed E-state index contributed by atoms with van der Waals surface area (Å²) in [5.41, 5.74) is 2.57. The van der Waals surface area contributed by atoms with Crippen LogP contribution in [0.25, 0.3) is 0 Å². The summed E-state index contributed by atoms with van der Waals surface area (Å²) in [6.07, 6.45) is 0.849. The van der Waals surface area contributed by atoms with Gasteiger partial charge in [0.25, 0.3) is 5.91 Å². The zero-order valence-corrected chi connectivity index (χ0v) is 17.8. The van der Waals surface area contributed by atoms with Crippen molar-refractivity contribution in [2.75, 3.05) is 17.2 Å². The van der Waals surface area contributed by atoms with Crippen LogP contribution in [0.2, 0.25) is 0 Å². The highest BCUT2D eigenvalue weighted by Gasteiger charge is 2.10. The smallest absolute Gasteiger partial charge is 0.258 e. The van der Waals surface area contributed by atoms with Crippen LogP contribution in [0.15, 0.2) is 77.3 Å². The van der Waals surface area contributed by atoms with E-state index in [0.717, 1.165) is 16.6 Å². The van der Waals surface area contributed by atoms with Crippen LogP contribution in [0, 0.1) is 5.82 Å². The number of halogens is 2. The maximum Gasteiger partial charge on any atom is 0.258 e. The lowest BCUT2D eigenvalue weighted by molar-refractivity contribution is 0.102. The van der Waals surface area contributed by atoms with Crippen molar-refractivity contribution >= 4 is 50.5 Å². The minimum Gasteiger partial charge on any atom is -0.362 e. The molecule has 1 amide bonds. The van der Waals surface area contributed by atoms with Crippen molar-refractivity contribution < 1.29 is 9.18 Å². The van der Waals surface area contributed by atoms with Crippen molar-refractivity contribution in [2.24, 2.45) is 0 Å². The Labute approximate surface area is 182 Å². The molecule has 0 saturated carbocycles. The lowest BCUT2D eigenvalue weighted by atomic mass is 10.1. The molecule has 3 aromatic rings. The van der Waals surface area contributed by atoms with Crippen LogP contribution in [0.4, 0.5) is 15.8 Å².